The van der Waals surface area contributed by atoms with Crippen LogP contribution in [0.15, 0.2) is 41.7 Å². The lowest BCUT2D eigenvalue weighted by Gasteiger charge is -2.45. The molecule has 2 saturated heterocycles. The summed E-state index contributed by atoms with van der Waals surface area (Å²) in [5.74, 6) is -1.01. The molecule has 2 aliphatic rings. The normalized spacial score (nSPS) is 16.4. The Bertz CT molecular complexity index is 1840. The molecule has 4 N–H and O–H groups in total. The number of rotatable bonds is 6. The van der Waals surface area contributed by atoms with Gasteiger partial charge in [0.2, 0.25) is 5.91 Å². The molecule has 14 heteroatoms. The molecular formula is C30H31Cl2N7O5. The molecule has 3 aromatic heterocycles. The van der Waals surface area contributed by atoms with E-state index in [1.807, 2.05) is 0 Å². The highest BCUT2D eigenvalue weighted by atomic mass is 35.5. The number of phenols is 1. The van der Waals surface area contributed by atoms with Crippen LogP contribution in [-0.4, -0.2) is 62.3 Å². The summed E-state index contributed by atoms with van der Waals surface area (Å²) in [5, 5.41) is 13.5. The van der Waals surface area contributed by atoms with Crippen LogP contribution in [0.5, 0.6) is 5.75 Å². The van der Waals surface area contributed by atoms with E-state index < -0.39 is 17.6 Å². The fourth-order valence-electron chi connectivity index (χ4n) is 6.20. The Morgan fingerprint density at radius 2 is 1.91 bits per heavy atom. The van der Waals surface area contributed by atoms with Gasteiger partial charge in [0.15, 0.2) is 0 Å². The highest BCUT2D eigenvalue weighted by molar-refractivity contribution is 6.34. The highest BCUT2D eigenvalue weighted by Crippen LogP contribution is 2.41. The molecular weight excluding hydrogens is 609 g/mol. The van der Waals surface area contributed by atoms with Gasteiger partial charge in [-0.2, -0.15) is 0 Å². The van der Waals surface area contributed by atoms with Crippen molar-refractivity contribution in [3.63, 3.8) is 0 Å². The second kappa shape index (κ2) is 11.8. The molecule has 2 amide bonds. The Kier molecular flexibility index (Phi) is 7.99. The van der Waals surface area contributed by atoms with E-state index in [0.717, 1.165) is 57.8 Å². The van der Waals surface area contributed by atoms with E-state index in [9.17, 15) is 19.5 Å². The molecule has 0 saturated carbocycles. The summed E-state index contributed by atoms with van der Waals surface area (Å²) in [6.07, 6.45) is 8.72. The summed E-state index contributed by atoms with van der Waals surface area (Å²) >= 11 is 12.7. The molecule has 1 aromatic carbocycles. The zero-order chi connectivity index (χ0) is 31.2. The van der Waals surface area contributed by atoms with Crippen LogP contribution in [0.4, 0.5) is 11.5 Å². The molecule has 44 heavy (non-hydrogen) atoms. The zero-order valence-corrected chi connectivity index (χ0v) is 25.5. The monoisotopic (exact) mass is 639 g/mol. The van der Waals surface area contributed by atoms with E-state index in [1.54, 1.807) is 19.3 Å². The van der Waals surface area contributed by atoms with Crippen LogP contribution < -0.4 is 21.5 Å². The molecule has 0 bridgehead atoms. The number of carbonyl (C=O) groups excluding carboxylic acids is 2. The first kappa shape index (κ1) is 29.9. The van der Waals surface area contributed by atoms with Crippen molar-refractivity contribution in [1.29, 1.82) is 0 Å². The van der Waals surface area contributed by atoms with Crippen LogP contribution >= 0.6 is 23.2 Å². The van der Waals surface area contributed by atoms with Gasteiger partial charge in [-0.3, -0.25) is 14.4 Å². The van der Waals surface area contributed by atoms with E-state index in [4.69, 9.17) is 33.7 Å². The molecule has 0 unspecified atom stereocenters. The highest BCUT2D eigenvalue weighted by Gasteiger charge is 2.37. The number of nitrogens with one attached hydrogen (secondary N) is 1. The summed E-state index contributed by atoms with van der Waals surface area (Å²) in [6, 6.07) is 4.55. The van der Waals surface area contributed by atoms with Crippen LogP contribution in [0.2, 0.25) is 10.0 Å². The van der Waals surface area contributed by atoms with E-state index >= 15 is 0 Å². The zero-order valence-electron chi connectivity index (χ0n) is 24.0. The molecule has 5 heterocycles. The van der Waals surface area contributed by atoms with Gasteiger partial charge in [0.1, 0.15) is 23.8 Å². The molecule has 1 spiro atoms. The largest absolute Gasteiger partial charge is 0.506 e. The number of benzene rings is 1. The van der Waals surface area contributed by atoms with Crippen LogP contribution in [0.3, 0.4) is 0 Å². The SMILES string of the molecule is Cn1cnc2c(c(-c3cc(Cl)c(O)c(C(N)=O)c3)cn2CC(=O)Nc2cc(N3CCCC4(CCOCC4)C3)ncc2Cl)c1=O. The first-order valence-corrected chi connectivity index (χ1v) is 15.0. The lowest BCUT2D eigenvalue weighted by atomic mass is 9.74. The summed E-state index contributed by atoms with van der Waals surface area (Å²) in [7, 11) is 1.55. The lowest BCUT2D eigenvalue weighted by molar-refractivity contribution is -0.116. The second-order valence-electron chi connectivity index (χ2n) is 11.5. The van der Waals surface area contributed by atoms with Crippen LogP contribution in [-0.2, 0) is 23.1 Å². The number of ether oxygens (including phenoxy) is 1. The summed E-state index contributed by atoms with van der Waals surface area (Å²) in [5.41, 5.74) is 6.44. The fourth-order valence-corrected chi connectivity index (χ4v) is 6.57. The van der Waals surface area contributed by atoms with Crippen molar-refractivity contribution >= 4 is 57.6 Å². The van der Waals surface area contributed by atoms with Crippen molar-refractivity contribution in [2.45, 2.75) is 32.2 Å². The van der Waals surface area contributed by atoms with Gasteiger partial charge in [-0.05, 0) is 48.8 Å². The van der Waals surface area contributed by atoms with Gasteiger partial charge in [-0.15, -0.1) is 0 Å². The number of amides is 2. The number of carbonyl (C=O) groups is 2. The van der Waals surface area contributed by atoms with Crippen molar-refractivity contribution in [3.8, 4) is 16.9 Å². The third kappa shape index (κ3) is 5.60. The molecule has 0 aliphatic carbocycles. The number of hydrogen-bond acceptors (Lipinski definition) is 8. The van der Waals surface area contributed by atoms with Gasteiger partial charge in [0.05, 0.1) is 39.2 Å². The Morgan fingerprint density at radius 3 is 2.66 bits per heavy atom. The first-order valence-electron chi connectivity index (χ1n) is 14.2. The van der Waals surface area contributed by atoms with E-state index in [1.165, 1.54) is 33.8 Å². The van der Waals surface area contributed by atoms with Crippen molar-refractivity contribution < 1.29 is 19.4 Å². The quantitative estimate of drug-likeness (QED) is 0.286. The third-order valence-electron chi connectivity index (χ3n) is 8.55. The lowest BCUT2D eigenvalue weighted by Crippen LogP contribution is -2.46. The first-order chi connectivity index (χ1) is 21.0. The number of piperidine rings is 1. The average molecular weight is 641 g/mol. The molecule has 12 nitrogen and oxygen atoms in total. The molecule has 2 fully saturated rings. The predicted octanol–water partition coefficient (Wildman–Crippen LogP) is 3.94. The number of pyridine rings is 1. The summed E-state index contributed by atoms with van der Waals surface area (Å²) in [4.78, 5) is 49.8. The van der Waals surface area contributed by atoms with Crippen LogP contribution in [0, 0.1) is 5.41 Å². The number of fused-ring (bicyclic) bond motifs is 1. The number of nitrogens with two attached hydrogens (primary N) is 1. The minimum absolute atomic E-state index is 0.116. The Morgan fingerprint density at radius 1 is 1.14 bits per heavy atom. The maximum Gasteiger partial charge on any atom is 0.263 e. The molecule has 2 aliphatic heterocycles. The maximum atomic E-state index is 13.4. The molecule has 6 rings (SSSR count). The van der Waals surface area contributed by atoms with Gasteiger partial charge in [-0.1, -0.05) is 23.2 Å². The van der Waals surface area contributed by atoms with E-state index in [2.05, 4.69) is 20.2 Å². The Balaban J connectivity index is 1.29. The average Bonchev–Trinajstić information content (AvgIpc) is 3.36. The number of anilines is 2. The predicted molar refractivity (Wildman–Crippen MR) is 167 cm³/mol. The number of hydrogen-bond donors (Lipinski definition) is 3. The smallest absolute Gasteiger partial charge is 0.263 e. The van der Waals surface area contributed by atoms with E-state index in [0.29, 0.717) is 21.8 Å². The van der Waals surface area contributed by atoms with Gasteiger partial charge >= 0.3 is 0 Å². The van der Waals surface area contributed by atoms with Crippen LogP contribution in [0.1, 0.15) is 36.0 Å². The van der Waals surface area contributed by atoms with Crippen molar-refractivity contribution in [3.05, 3.63) is 62.9 Å². The Labute approximate surface area is 262 Å². The summed E-state index contributed by atoms with van der Waals surface area (Å²) in [6.45, 7) is 3.07. The number of nitrogens with zero attached hydrogens (tertiary/aromatic N) is 5. The molecule has 230 valence electrons. The summed E-state index contributed by atoms with van der Waals surface area (Å²) < 4.78 is 8.43. The van der Waals surface area contributed by atoms with Crippen molar-refractivity contribution in [2.75, 3.05) is 36.5 Å². The molecule has 0 atom stereocenters. The number of aromatic nitrogens is 4. The van der Waals surface area contributed by atoms with Crippen molar-refractivity contribution in [1.82, 2.24) is 19.1 Å². The second-order valence-corrected chi connectivity index (χ2v) is 12.3. The minimum atomic E-state index is -0.888. The molecule has 0 radical (unpaired) electrons. The standard InChI is InChI=1S/C30H31Cl2N7O5/c1-37-16-35-28-25(29(37)43)19(17-9-18(27(33)42)26(41)20(31)10-17)13-39(28)14-24(40)36-22-11-23(34-12-21(22)32)38-6-2-3-30(15-38)4-7-44-8-5-30/h9-13,16,41H,2-8,14-15H2,1H3,(H2,33,42)(H,34,36,40). The Hall–Kier alpha value is -4.13. The number of aryl methyl sites for hydroxylation is 1. The number of primary amides is 1. The van der Waals surface area contributed by atoms with Gasteiger partial charge in [0.25, 0.3) is 11.5 Å². The van der Waals surface area contributed by atoms with Gasteiger partial charge in [-0.25, -0.2) is 9.97 Å². The third-order valence-corrected chi connectivity index (χ3v) is 9.13. The maximum absolute atomic E-state index is 13.4. The van der Waals surface area contributed by atoms with Gasteiger partial charge < -0.3 is 34.9 Å². The fraction of sp³-hybridized carbons (Fsp3) is 0.367. The van der Waals surface area contributed by atoms with Gasteiger partial charge in [0, 0.05) is 51.2 Å². The number of aromatic hydroxyl groups is 1. The van der Waals surface area contributed by atoms with Crippen molar-refractivity contribution in [2.24, 2.45) is 18.2 Å². The topological polar surface area (TPSA) is 158 Å². The number of halogens is 2. The minimum Gasteiger partial charge on any atom is -0.506 e. The van der Waals surface area contributed by atoms with Crippen LogP contribution in [0.25, 0.3) is 22.2 Å². The van der Waals surface area contributed by atoms with E-state index in [-0.39, 0.29) is 39.1 Å². The molecule has 4 aromatic rings.